The zero-order valence-corrected chi connectivity index (χ0v) is 23.9. The zero-order chi connectivity index (χ0) is 26.3. The standard InChI is InChI=1S/C30H42N4O2S/c1-21(2)20-33-14-12-26(13-15-33)34-16-10-23(11-17-34)25-18-22(3)29-28(19-25)32(4)30(31-29)24-6-8-27(9-7-24)37(5,35)36/h6-9,18-19,21,23,26H,10-17,20H2,1-5H3. The van der Waals surface area contributed by atoms with Crippen LogP contribution in [-0.2, 0) is 16.9 Å². The van der Waals surface area contributed by atoms with Crippen LogP contribution in [0, 0.1) is 12.8 Å². The Morgan fingerprint density at radius 1 is 0.973 bits per heavy atom. The van der Waals surface area contributed by atoms with Gasteiger partial charge in [0.2, 0.25) is 0 Å². The molecule has 7 heteroatoms. The molecular formula is C30H42N4O2S. The fourth-order valence-corrected chi connectivity index (χ4v) is 7.04. The molecule has 0 N–H and O–H groups in total. The van der Waals surface area contributed by atoms with Crippen molar-refractivity contribution in [1.29, 1.82) is 0 Å². The molecule has 6 nitrogen and oxygen atoms in total. The Morgan fingerprint density at radius 3 is 2.22 bits per heavy atom. The second-order valence-electron chi connectivity index (χ2n) is 11.7. The lowest BCUT2D eigenvalue weighted by molar-refractivity contribution is 0.0828. The number of aromatic nitrogens is 2. The molecule has 0 spiro atoms. The van der Waals surface area contributed by atoms with Crippen molar-refractivity contribution < 1.29 is 8.42 Å². The van der Waals surface area contributed by atoms with E-state index in [2.05, 4.69) is 54.3 Å². The number of likely N-dealkylation sites (tertiary alicyclic amines) is 2. The minimum absolute atomic E-state index is 0.334. The van der Waals surface area contributed by atoms with E-state index in [1.807, 2.05) is 12.1 Å². The number of sulfone groups is 1. The summed E-state index contributed by atoms with van der Waals surface area (Å²) in [5.41, 5.74) is 5.75. The molecule has 0 aliphatic carbocycles. The molecule has 37 heavy (non-hydrogen) atoms. The van der Waals surface area contributed by atoms with Gasteiger partial charge < -0.3 is 14.4 Å². The Labute approximate surface area is 222 Å². The van der Waals surface area contributed by atoms with Crippen molar-refractivity contribution in [3.05, 3.63) is 47.5 Å². The largest absolute Gasteiger partial charge is 0.327 e. The first kappa shape index (κ1) is 26.4. The van der Waals surface area contributed by atoms with Crippen LogP contribution < -0.4 is 0 Å². The number of hydrogen-bond acceptors (Lipinski definition) is 5. The highest BCUT2D eigenvalue weighted by atomic mass is 32.2. The van der Waals surface area contributed by atoms with Gasteiger partial charge in [0.1, 0.15) is 5.82 Å². The fraction of sp³-hybridized carbons (Fsp3) is 0.567. The van der Waals surface area contributed by atoms with Gasteiger partial charge in [0.15, 0.2) is 9.84 Å². The normalized spacial score (nSPS) is 19.3. The summed E-state index contributed by atoms with van der Waals surface area (Å²) in [6.07, 6.45) is 6.30. The molecule has 3 aromatic rings. The van der Waals surface area contributed by atoms with Crippen LogP contribution in [0.5, 0.6) is 0 Å². The van der Waals surface area contributed by atoms with Gasteiger partial charge in [-0.15, -0.1) is 0 Å². The van der Waals surface area contributed by atoms with Crippen molar-refractivity contribution in [3.8, 4) is 11.4 Å². The average Bonchev–Trinajstić information content (AvgIpc) is 3.21. The highest BCUT2D eigenvalue weighted by Gasteiger charge is 2.29. The van der Waals surface area contributed by atoms with Crippen molar-refractivity contribution in [2.24, 2.45) is 13.0 Å². The Bertz CT molecular complexity index is 1340. The molecule has 2 aliphatic heterocycles. The summed E-state index contributed by atoms with van der Waals surface area (Å²) in [5, 5.41) is 0. The molecule has 0 unspecified atom stereocenters. The smallest absolute Gasteiger partial charge is 0.175 e. The maximum absolute atomic E-state index is 11.9. The molecule has 2 aliphatic rings. The highest BCUT2D eigenvalue weighted by molar-refractivity contribution is 7.90. The quantitative estimate of drug-likeness (QED) is 0.442. The predicted molar refractivity (Wildman–Crippen MR) is 152 cm³/mol. The third-order valence-electron chi connectivity index (χ3n) is 8.44. The number of rotatable bonds is 6. The van der Waals surface area contributed by atoms with E-state index in [9.17, 15) is 8.42 Å². The summed E-state index contributed by atoms with van der Waals surface area (Å²) >= 11 is 0. The first-order chi connectivity index (χ1) is 17.6. The molecule has 0 amide bonds. The van der Waals surface area contributed by atoms with Crippen LogP contribution in [-0.4, -0.2) is 72.8 Å². The highest BCUT2D eigenvalue weighted by Crippen LogP contribution is 2.35. The lowest BCUT2D eigenvalue weighted by atomic mass is 9.87. The van der Waals surface area contributed by atoms with Gasteiger partial charge in [0.05, 0.1) is 15.9 Å². The first-order valence-electron chi connectivity index (χ1n) is 13.8. The molecule has 2 aromatic carbocycles. The van der Waals surface area contributed by atoms with E-state index >= 15 is 0 Å². The molecule has 200 valence electrons. The van der Waals surface area contributed by atoms with E-state index in [1.54, 1.807) is 12.1 Å². The van der Waals surface area contributed by atoms with Crippen molar-refractivity contribution in [1.82, 2.24) is 19.4 Å². The number of aryl methyl sites for hydroxylation is 2. The Hall–Kier alpha value is -2.22. The van der Waals surface area contributed by atoms with Gasteiger partial charge in [0.25, 0.3) is 0 Å². The third-order valence-corrected chi connectivity index (χ3v) is 9.57. The Balaban J connectivity index is 1.29. The van der Waals surface area contributed by atoms with Gasteiger partial charge >= 0.3 is 0 Å². The van der Waals surface area contributed by atoms with Crippen LogP contribution in [0.2, 0.25) is 0 Å². The van der Waals surface area contributed by atoms with Crippen LogP contribution in [0.15, 0.2) is 41.3 Å². The number of benzene rings is 2. The maximum Gasteiger partial charge on any atom is 0.175 e. The summed E-state index contributed by atoms with van der Waals surface area (Å²) in [5.74, 6) is 2.21. The molecular weight excluding hydrogens is 480 g/mol. The van der Waals surface area contributed by atoms with E-state index in [1.165, 1.54) is 75.8 Å². The van der Waals surface area contributed by atoms with Crippen LogP contribution in [0.25, 0.3) is 22.4 Å². The molecule has 0 radical (unpaired) electrons. The third kappa shape index (κ3) is 5.64. The molecule has 1 aromatic heterocycles. The minimum atomic E-state index is -3.21. The van der Waals surface area contributed by atoms with E-state index in [-0.39, 0.29) is 0 Å². The van der Waals surface area contributed by atoms with E-state index in [4.69, 9.17) is 4.98 Å². The second kappa shape index (κ2) is 10.5. The van der Waals surface area contributed by atoms with Gasteiger partial charge in [-0.25, -0.2) is 13.4 Å². The Morgan fingerprint density at radius 2 is 1.62 bits per heavy atom. The van der Waals surface area contributed by atoms with Crippen molar-refractivity contribution in [3.63, 3.8) is 0 Å². The van der Waals surface area contributed by atoms with Crippen LogP contribution in [0.1, 0.15) is 56.6 Å². The van der Waals surface area contributed by atoms with Crippen LogP contribution >= 0.6 is 0 Å². The van der Waals surface area contributed by atoms with E-state index in [0.29, 0.717) is 10.8 Å². The first-order valence-corrected chi connectivity index (χ1v) is 15.7. The molecule has 3 heterocycles. The predicted octanol–water partition coefficient (Wildman–Crippen LogP) is 5.25. The summed E-state index contributed by atoms with van der Waals surface area (Å²) < 4.78 is 25.9. The number of hydrogen-bond donors (Lipinski definition) is 0. The van der Waals surface area contributed by atoms with Crippen LogP contribution in [0.4, 0.5) is 0 Å². The maximum atomic E-state index is 11.9. The number of imidazole rings is 1. The SMILES string of the molecule is Cc1cc(C2CCN(C3CCN(CC(C)C)CC3)CC2)cc2c1nc(-c1ccc(S(C)(=O)=O)cc1)n2C. The van der Waals surface area contributed by atoms with Crippen LogP contribution in [0.3, 0.4) is 0 Å². The number of fused-ring (bicyclic) bond motifs is 1. The van der Waals surface area contributed by atoms with Crippen molar-refractivity contribution >= 4 is 20.9 Å². The van der Waals surface area contributed by atoms with Crippen molar-refractivity contribution in [2.45, 2.75) is 63.3 Å². The summed E-state index contributed by atoms with van der Waals surface area (Å²) in [6.45, 7) is 12.9. The summed E-state index contributed by atoms with van der Waals surface area (Å²) in [7, 11) is -1.15. The van der Waals surface area contributed by atoms with Crippen molar-refractivity contribution in [2.75, 3.05) is 39.0 Å². The topological polar surface area (TPSA) is 58.4 Å². The van der Waals surface area contributed by atoms with Gasteiger partial charge in [0, 0.05) is 31.5 Å². The lowest BCUT2D eigenvalue weighted by Gasteiger charge is -2.42. The van der Waals surface area contributed by atoms with E-state index < -0.39 is 9.84 Å². The van der Waals surface area contributed by atoms with Gasteiger partial charge in [-0.05, 0) is 112 Å². The minimum Gasteiger partial charge on any atom is -0.327 e. The molecule has 0 atom stereocenters. The molecule has 5 rings (SSSR count). The van der Waals surface area contributed by atoms with Gasteiger partial charge in [-0.3, -0.25) is 0 Å². The average molecular weight is 523 g/mol. The van der Waals surface area contributed by atoms with Gasteiger partial charge in [-0.2, -0.15) is 0 Å². The molecule has 0 saturated carbocycles. The molecule has 2 saturated heterocycles. The fourth-order valence-electron chi connectivity index (χ4n) is 6.41. The molecule has 2 fully saturated rings. The second-order valence-corrected chi connectivity index (χ2v) is 13.7. The Kier molecular flexibility index (Phi) is 7.49. The monoisotopic (exact) mass is 522 g/mol. The summed E-state index contributed by atoms with van der Waals surface area (Å²) in [4.78, 5) is 10.7. The number of piperidine rings is 2. The zero-order valence-electron chi connectivity index (χ0n) is 23.1. The van der Waals surface area contributed by atoms with Gasteiger partial charge in [-0.1, -0.05) is 19.9 Å². The number of nitrogens with zero attached hydrogens (tertiary/aromatic N) is 4. The summed E-state index contributed by atoms with van der Waals surface area (Å²) in [6, 6.07) is 12.5. The van der Waals surface area contributed by atoms with E-state index in [0.717, 1.165) is 34.4 Å². The molecule has 0 bridgehead atoms. The lowest BCUT2D eigenvalue weighted by Crippen LogP contribution is -2.48.